The number of hydrogen-bond donors (Lipinski definition) is 3. The van der Waals surface area contributed by atoms with Gasteiger partial charge in [0.15, 0.2) is 0 Å². The lowest BCUT2D eigenvalue weighted by Gasteiger charge is -2.26. The van der Waals surface area contributed by atoms with Gasteiger partial charge in [-0.25, -0.2) is 4.79 Å². The van der Waals surface area contributed by atoms with Crippen molar-refractivity contribution in [3.63, 3.8) is 0 Å². The number of carboxylic acid groups (broad SMARTS) is 1. The number of nitrogens with one attached hydrogen (secondary N) is 2. The van der Waals surface area contributed by atoms with E-state index < -0.39 is 35.5 Å². The molecule has 2 saturated carbocycles. The van der Waals surface area contributed by atoms with E-state index in [2.05, 4.69) is 22.8 Å². The van der Waals surface area contributed by atoms with Gasteiger partial charge in [0.05, 0.1) is 11.5 Å². The van der Waals surface area contributed by atoms with E-state index >= 15 is 0 Å². The third-order valence-electron chi connectivity index (χ3n) is 7.92. The van der Waals surface area contributed by atoms with Gasteiger partial charge >= 0.3 is 12.1 Å². The fraction of sp³-hybridized carbons (Fsp3) is 0.444. The SMILES string of the molecule is COC(C)C(NC(=O)OCC1c2ccccc2-c2ccccc21)C(=O)NC1CC2CC2(C(=O)O)C1. The first-order valence-corrected chi connectivity index (χ1v) is 12.0. The number of benzene rings is 2. The van der Waals surface area contributed by atoms with E-state index in [4.69, 9.17) is 9.47 Å². The fourth-order valence-electron chi connectivity index (χ4n) is 5.86. The molecule has 35 heavy (non-hydrogen) atoms. The molecule has 0 aliphatic heterocycles. The molecular formula is C27H30N2O6. The van der Waals surface area contributed by atoms with Gasteiger partial charge in [0.1, 0.15) is 12.6 Å². The molecule has 5 unspecified atom stereocenters. The van der Waals surface area contributed by atoms with Crippen molar-refractivity contribution in [2.24, 2.45) is 11.3 Å². The first kappa shape index (κ1) is 23.4. The number of carbonyl (C=O) groups excluding carboxylic acids is 2. The van der Waals surface area contributed by atoms with Crippen LogP contribution in [0.15, 0.2) is 48.5 Å². The van der Waals surface area contributed by atoms with Gasteiger partial charge in [-0.3, -0.25) is 9.59 Å². The predicted octanol–water partition coefficient (Wildman–Crippen LogP) is 3.30. The van der Waals surface area contributed by atoms with E-state index in [1.807, 2.05) is 36.4 Å². The standard InChI is InChI=1S/C27H30N2O6/c1-15(34-2)23(24(30)28-17-11-16-12-27(16,13-17)25(31)32)29-26(33)35-14-22-20-9-5-3-7-18(20)19-8-4-6-10-21(19)22/h3-10,15-17,22-23H,11-14H2,1-2H3,(H,28,30)(H,29,33)(H,31,32). The minimum atomic E-state index is -0.964. The Morgan fingerprint density at radius 1 is 1.06 bits per heavy atom. The molecule has 3 aliphatic carbocycles. The summed E-state index contributed by atoms with van der Waals surface area (Å²) >= 11 is 0. The highest BCUT2D eigenvalue weighted by Gasteiger charge is 2.65. The van der Waals surface area contributed by atoms with E-state index in [-0.39, 0.29) is 24.5 Å². The molecule has 0 heterocycles. The van der Waals surface area contributed by atoms with Crippen molar-refractivity contribution >= 4 is 18.0 Å². The van der Waals surface area contributed by atoms with Gasteiger partial charge in [-0.05, 0) is 54.4 Å². The number of ether oxygens (including phenoxy) is 2. The first-order valence-electron chi connectivity index (χ1n) is 12.0. The summed E-state index contributed by atoms with van der Waals surface area (Å²) in [6, 6.07) is 15.0. The number of rotatable bonds is 8. The van der Waals surface area contributed by atoms with Crippen molar-refractivity contribution < 1.29 is 29.0 Å². The maximum Gasteiger partial charge on any atom is 0.407 e. The zero-order valence-corrected chi connectivity index (χ0v) is 19.8. The molecule has 0 aromatic heterocycles. The average molecular weight is 479 g/mol. The van der Waals surface area contributed by atoms with E-state index in [0.717, 1.165) is 22.3 Å². The molecule has 5 rings (SSSR count). The zero-order valence-electron chi connectivity index (χ0n) is 19.8. The van der Waals surface area contributed by atoms with Crippen LogP contribution in [0.5, 0.6) is 0 Å². The summed E-state index contributed by atoms with van der Waals surface area (Å²) in [4.78, 5) is 37.3. The number of carboxylic acids is 1. The van der Waals surface area contributed by atoms with Crippen LogP contribution in [0.1, 0.15) is 43.2 Å². The van der Waals surface area contributed by atoms with Gasteiger partial charge in [-0.15, -0.1) is 0 Å². The monoisotopic (exact) mass is 478 g/mol. The molecule has 0 spiro atoms. The second-order valence-corrected chi connectivity index (χ2v) is 9.90. The van der Waals surface area contributed by atoms with E-state index in [9.17, 15) is 19.5 Å². The smallest absolute Gasteiger partial charge is 0.407 e. The zero-order chi connectivity index (χ0) is 24.7. The van der Waals surface area contributed by atoms with Crippen LogP contribution in [0, 0.1) is 11.3 Å². The van der Waals surface area contributed by atoms with Crippen LogP contribution in [0.2, 0.25) is 0 Å². The quantitative estimate of drug-likeness (QED) is 0.537. The summed E-state index contributed by atoms with van der Waals surface area (Å²) in [5.41, 5.74) is 3.79. The van der Waals surface area contributed by atoms with Crippen LogP contribution in [0.3, 0.4) is 0 Å². The second kappa shape index (κ2) is 9.00. The third kappa shape index (κ3) is 4.16. The van der Waals surface area contributed by atoms with Crippen LogP contribution >= 0.6 is 0 Å². The molecule has 2 aromatic rings. The highest BCUT2D eigenvalue weighted by atomic mass is 16.5. The molecule has 0 bridgehead atoms. The number of amides is 2. The normalized spacial score (nSPS) is 25.5. The molecule has 8 heteroatoms. The van der Waals surface area contributed by atoms with Gasteiger partial charge in [-0.2, -0.15) is 0 Å². The lowest BCUT2D eigenvalue weighted by Crippen LogP contribution is -2.55. The Kier molecular flexibility index (Phi) is 6.01. The van der Waals surface area contributed by atoms with Gasteiger partial charge in [0, 0.05) is 19.1 Å². The largest absolute Gasteiger partial charge is 0.481 e. The van der Waals surface area contributed by atoms with Crippen molar-refractivity contribution in [3.8, 4) is 11.1 Å². The molecule has 0 radical (unpaired) electrons. The lowest BCUT2D eigenvalue weighted by atomic mass is 9.98. The van der Waals surface area contributed by atoms with Crippen molar-refractivity contribution in [1.82, 2.24) is 10.6 Å². The molecule has 2 fully saturated rings. The maximum absolute atomic E-state index is 13.0. The van der Waals surface area contributed by atoms with Crippen molar-refractivity contribution in [1.29, 1.82) is 0 Å². The Morgan fingerprint density at radius 3 is 2.26 bits per heavy atom. The lowest BCUT2D eigenvalue weighted by molar-refractivity contribution is -0.144. The van der Waals surface area contributed by atoms with Crippen LogP contribution in [0.25, 0.3) is 11.1 Å². The molecule has 2 aromatic carbocycles. The van der Waals surface area contributed by atoms with E-state index in [1.54, 1.807) is 6.92 Å². The van der Waals surface area contributed by atoms with Crippen LogP contribution in [0.4, 0.5) is 4.79 Å². The van der Waals surface area contributed by atoms with Gasteiger partial charge in [0.25, 0.3) is 0 Å². The highest BCUT2D eigenvalue weighted by Crippen LogP contribution is 2.63. The Morgan fingerprint density at radius 2 is 1.69 bits per heavy atom. The van der Waals surface area contributed by atoms with Gasteiger partial charge < -0.3 is 25.2 Å². The van der Waals surface area contributed by atoms with Crippen molar-refractivity contribution in [2.45, 2.75) is 50.3 Å². The van der Waals surface area contributed by atoms with Crippen LogP contribution < -0.4 is 10.6 Å². The number of aliphatic carboxylic acids is 1. The first-order chi connectivity index (χ1) is 16.8. The van der Waals surface area contributed by atoms with Gasteiger partial charge in [0.2, 0.25) is 5.91 Å². The summed E-state index contributed by atoms with van der Waals surface area (Å²) in [5, 5.41) is 15.0. The Labute approximate surface area is 204 Å². The summed E-state index contributed by atoms with van der Waals surface area (Å²) in [6.07, 6.45) is 0.423. The highest BCUT2D eigenvalue weighted by molar-refractivity contribution is 5.87. The molecule has 3 aliphatic rings. The minimum Gasteiger partial charge on any atom is -0.481 e. The number of methoxy groups -OCH3 is 1. The molecule has 2 amide bonds. The molecule has 5 atom stereocenters. The van der Waals surface area contributed by atoms with Crippen LogP contribution in [-0.4, -0.2) is 55.0 Å². The van der Waals surface area contributed by atoms with E-state index in [0.29, 0.717) is 19.3 Å². The Balaban J connectivity index is 1.21. The summed E-state index contributed by atoms with van der Waals surface area (Å²) < 4.78 is 10.9. The fourth-order valence-corrected chi connectivity index (χ4v) is 5.86. The number of fused-ring (bicyclic) bond motifs is 4. The summed E-state index contributed by atoms with van der Waals surface area (Å²) in [7, 11) is 1.47. The Hall–Kier alpha value is -3.39. The number of hydrogen-bond acceptors (Lipinski definition) is 5. The second-order valence-electron chi connectivity index (χ2n) is 9.90. The number of carbonyl (C=O) groups is 3. The predicted molar refractivity (Wildman–Crippen MR) is 128 cm³/mol. The number of alkyl carbamates (subject to hydrolysis) is 1. The molecule has 3 N–H and O–H groups in total. The summed E-state index contributed by atoms with van der Waals surface area (Å²) in [5.74, 6) is -1.17. The summed E-state index contributed by atoms with van der Waals surface area (Å²) in [6.45, 7) is 1.83. The molecular weight excluding hydrogens is 448 g/mol. The maximum atomic E-state index is 13.0. The molecule has 8 nitrogen and oxygen atoms in total. The Bertz CT molecular complexity index is 1120. The topological polar surface area (TPSA) is 114 Å². The van der Waals surface area contributed by atoms with Gasteiger partial charge in [-0.1, -0.05) is 48.5 Å². The van der Waals surface area contributed by atoms with Crippen molar-refractivity contribution in [2.75, 3.05) is 13.7 Å². The van der Waals surface area contributed by atoms with E-state index in [1.165, 1.54) is 7.11 Å². The molecule has 184 valence electrons. The average Bonchev–Trinajstić information content (AvgIpc) is 3.29. The van der Waals surface area contributed by atoms with Crippen molar-refractivity contribution in [3.05, 3.63) is 59.7 Å². The molecule has 0 saturated heterocycles. The third-order valence-corrected chi connectivity index (χ3v) is 7.92. The minimum absolute atomic E-state index is 0.0855. The van der Waals surface area contributed by atoms with Crippen LogP contribution in [-0.2, 0) is 19.1 Å².